The number of rotatable bonds is 4. The van der Waals surface area contributed by atoms with Crippen molar-refractivity contribution in [1.29, 1.82) is 0 Å². The van der Waals surface area contributed by atoms with Crippen LogP contribution in [0.25, 0.3) is 0 Å². The van der Waals surface area contributed by atoms with Crippen LogP contribution in [0.1, 0.15) is 50.5 Å². The van der Waals surface area contributed by atoms with Crippen molar-refractivity contribution < 1.29 is 4.79 Å². The molecule has 5 nitrogen and oxygen atoms in total. The minimum atomic E-state index is -0.0220. The Morgan fingerprint density at radius 1 is 1.50 bits per heavy atom. The molecule has 5 heteroatoms. The highest BCUT2D eigenvalue weighted by molar-refractivity contribution is 5.81. The molecule has 0 spiro atoms. The zero-order valence-corrected chi connectivity index (χ0v) is 12.6. The number of carbonyl (C=O) groups is 1. The first kappa shape index (κ1) is 14.9. The van der Waals surface area contributed by atoms with Gasteiger partial charge < -0.3 is 5.32 Å². The second-order valence-electron chi connectivity index (χ2n) is 5.66. The van der Waals surface area contributed by atoms with Crippen molar-refractivity contribution >= 4 is 5.91 Å². The van der Waals surface area contributed by atoms with Crippen LogP contribution in [0.3, 0.4) is 0 Å². The van der Waals surface area contributed by atoms with Crippen LogP contribution >= 0.6 is 0 Å². The Bertz CT molecular complexity index is 461. The van der Waals surface area contributed by atoms with Gasteiger partial charge in [-0.05, 0) is 25.5 Å². The van der Waals surface area contributed by atoms with Crippen molar-refractivity contribution in [1.82, 2.24) is 20.2 Å². The average molecular weight is 276 g/mol. The number of hydrogen-bond donors (Lipinski definition) is 1. The van der Waals surface area contributed by atoms with E-state index in [9.17, 15) is 4.79 Å². The number of likely N-dealkylation sites (tertiary alicyclic amines) is 1. The van der Waals surface area contributed by atoms with Gasteiger partial charge in [0, 0.05) is 25.7 Å². The molecule has 1 aliphatic heterocycles. The molecule has 0 saturated carbocycles. The van der Waals surface area contributed by atoms with E-state index < -0.39 is 0 Å². The molecule has 2 heterocycles. The average Bonchev–Trinajstić information content (AvgIpc) is 2.47. The number of hydrogen-bond acceptors (Lipinski definition) is 4. The Hall–Kier alpha value is -1.49. The summed E-state index contributed by atoms with van der Waals surface area (Å²) in [7, 11) is 1.71. The molecule has 2 rings (SSSR count). The maximum Gasteiger partial charge on any atom is 0.237 e. The fourth-order valence-electron chi connectivity index (χ4n) is 2.63. The van der Waals surface area contributed by atoms with Gasteiger partial charge in [0.25, 0.3) is 0 Å². The molecule has 1 aromatic heterocycles. The fourth-order valence-corrected chi connectivity index (χ4v) is 2.63. The summed E-state index contributed by atoms with van der Waals surface area (Å²) in [6, 6.07) is 1.92. The summed E-state index contributed by atoms with van der Waals surface area (Å²) in [4.78, 5) is 23.1. The van der Waals surface area contributed by atoms with E-state index in [2.05, 4.69) is 34.0 Å². The molecule has 0 bridgehead atoms. The fraction of sp³-hybridized carbons (Fsp3) is 0.667. The second-order valence-corrected chi connectivity index (χ2v) is 5.66. The molecule has 0 aromatic carbocycles. The molecule has 0 radical (unpaired) electrons. The molecule has 0 unspecified atom stereocenters. The SMILES string of the molecule is CNC(=O)[C@H]1CCCCN1Cc1ccnc(C(C)C)n1. The van der Waals surface area contributed by atoms with Crippen LogP contribution in [-0.2, 0) is 11.3 Å². The van der Waals surface area contributed by atoms with Crippen molar-refractivity contribution in [3.8, 4) is 0 Å². The van der Waals surface area contributed by atoms with Crippen molar-refractivity contribution in [3.05, 3.63) is 23.8 Å². The third-order valence-electron chi connectivity index (χ3n) is 3.78. The van der Waals surface area contributed by atoms with E-state index in [4.69, 9.17) is 0 Å². The molecule has 1 atom stereocenters. The highest BCUT2D eigenvalue weighted by Crippen LogP contribution is 2.19. The molecule has 1 aliphatic rings. The Labute approximate surface area is 120 Å². The van der Waals surface area contributed by atoms with Gasteiger partial charge in [-0.3, -0.25) is 9.69 Å². The molecule has 20 heavy (non-hydrogen) atoms. The van der Waals surface area contributed by atoms with Gasteiger partial charge in [-0.15, -0.1) is 0 Å². The van der Waals surface area contributed by atoms with E-state index in [-0.39, 0.29) is 11.9 Å². The smallest absolute Gasteiger partial charge is 0.237 e. The maximum absolute atomic E-state index is 12.0. The Morgan fingerprint density at radius 3 is 3.00 bits per heavy atom. The van der Waals surface area contributed by atoms with Crippen LogP contribution in [0.2, 0.25) is 0 Å². The Morgan fingerprint density at radius 2 is 2.30 bits per heavy atom. The zero-order valence-electron chi connectivity index (χ0n) is 12.6. The molecule has 1 aromatic rings. The normalized spacial score (nSPS) is 20.1. The van der Waals surface area contributed by atoms with Crippen LogP contribution in [0, 0.1) is 0 Å². The summed E-state index contributed by atoms with van der Waals surface area (Å²) >= 11 is 0. The molecule has 1 saturated heterocycles. The summed E-state index contributed by atoms with van der Waals surface area (Å²) in [5.41, 5.74) is 1.000. The van der Waals surface area contributed by atoms with Crippen molar-refractivity contribution in [2.24, 2.45) is 0 Å². The number of aromatic nitrogens is 2. The summed E-state index contributed by atoms with van der Waals surface area (Å²) in [6.07, 6.45) is 5.02. The van der Waals surface area contributed by atoms with Crippen LogP contribution in [0.15, 0.2) is 12.3 Å². The lowest BCUT2D eigenvalue weighted by atomic mass is 10.0. The maximum atomic E-state index is 12.0. The lowest BCUT2D eigenvalue weighted by molar-refractivity contribution is -0.127. The van der Waals surface area contributed by atoms with E-state index in [1.165, 1.54) is 0 Å². The second kappa shape index (κ2) is 6.79. The van der Waals surface area contributed by atoms with Gasteiger partial charge >= 0.3 is 0 Å². The predicted molar refractivity (Wildman–Crippen MR) is 78.2 cm³/mol. The topological polar surface area (TPSA) is 58.1 Å². The summed E-state index contributed by atoms with van der Waals surface area (Å²) in [5.74, 6) is 1.31. The molecular formula is C15H24N4O. The quantitative estimate of drug-likeness (QED) is 0.909. The van der Waals surface area contributed by atoms with Crippen LogP contribution in [0.5, 0.6) is 0 Å². The lowest BCUT2D eigenvalue weighted by Gasteiger charge is -2.34. The van der Waals surface area contributed by atoms with Crippen molar-refractivity contribution in [2.75, 3.05) is 13.6 Å². The standard InChI is InChI=1S/C15H24N4O/c1-11(2)14-17-8-7-12(18-14)10-19-9-5-4-6-13(19)15(20)16-3/h7-8,11,13H,4-6,9-10H2,1-3H3,(H,16,20)/t13-/m1/s1. The van der Waals surface area contributed by atoms with Crippen LogP contribution in [-0.4, -0.2) is 40.4 Å². The Balaban J connectivity index is 2.10. The lowest BCUT2D eigenvalue weighted by Crippen LogP contribution is -2.48. The summed E-state index contributed by atoms with van der Waals surface area (Å²) < 4.78 is 0. The van der Waals surface area contributed by atoms with Gasteiger partial charge in [-0.25, -0.2) is 9.97 Å². The van der Waals surface area contributed by atoms with Crippen LogP contribution < -0.4 is 5.32 Å². The highest BCUT2D eigenvalue weighted by Gasteiger charge is 2.28. The predicted octanol–water partition coefficient (Wildman–Crippen LogP) is 1.70. The van der Waals surface area contributed by atoms with E-state index in [1.807, 2.05) is 12.3 Å². The first-order valence-corrected chi connectivity index (χ1v) is 7.39. The third-order valence-corrected chi connectivity index (χ3v) is 3.78. The number of nitrogens with one attached hydrogen (secondary N) is 1. The number of amides is 1. The van der Waals surface area contributed by atoms with Gasteiger partial charge in [0.2, 0.25) is 5.91 Å². The van der Waals surface area contributed by atoms with E-state index in [0.29, 0.717) is 5.92 Å². The molecule has 0 aliphatic carbocycles. The molecule has 1 N–H and O–H groups in total. The first-order chi connectivity index (χ1) is 9.61. The van der Waals surface area contributed by atoms with E-state index >= 15 is 0 Å². The van der Waals surface area contributed by atoms with Gasteiger partial charge in [-0.2, -0.15) is 0 Å². The number of nitrogens with zero attached hydrogens (tertiary/aromatic N) is 3. The van der Waals surface area contributed by atoms with Crippen LogP contribution in [0.4, 0.5) is 0 Å². The minimum absolute atomic E-state index is 0.0220. The number of piperidine rings is 1. The molecule has 1 fully saturated rings. The van der Waals surface area contributed by atoms with Gasteiger partial charge in [0.1, 0.15) is 5.82 Å². The summed E-state index contributed by atoms with van der Waals surface area (Å²) in [5, 5.41) is 2.77. The third kappa shape index (κ3) is 3.54. The Kier molecular flexibility index (Phi) is 5.06. The zero-order chi connectivity index (χ0) is 14.5. The van der Waals surface area contributed by atoms with E-state index in [0.717, 1.165) is 43.9 Å². The molecular weight excluding hydrogens is 252 g/mol. The largest absolute Gasteiger partial charge is 0.358 e. The molecule has 110 valence electrons. The van der Waals surface area contributed by atoms with Gasteiger partial charge in [0.05, 0.1) is 11.7 Å². The van der Waals surface area contributed by atoms with Gasteiger partial charge in [-0.1, -0.05) is 20.3 Å². The van der Waals surface area contributed by atoms with E-state index in [1.54, 1.807) is 7.05 Å². The number of likely N-dealkylation sites (N-methyl/N-ethyl adjacent to an activating group) is 1. The monoisotopic (exact) mass is 276 g/mol. The molecule has 1 amide bonds. The van der Waals surface area contributed by atoms with Crippen molar-refractivity contribution in [3.63, 3.8) is 0 Å². The minimum Gasteiger partial charge on any atom is -0.358 e. The first-order valence-electron chi connectivity index (χ1n) is 7.39. The van der Waals surface area contributed by atoms with Crippen molar-refractivity contribution in [2.45, 2.75) is 51.6 Å². The highest BCUT2D eigenvalue weighted by atomic mass is 16.2. The van der Waals surface area contributed by atoms with Gasteiger partial charge in [0.15, 0.2) is 0 Å². The number of carbonyl (C=O) groups excluding carboxylic acids is 1. The summed E-state index contributed by atoms with van der Waals surface area (Å²) in [6.45, 7) is 5.86.